The van der Waals surface area contributed by atoms with E-state index in [4.69, 9.17) is 14.2 Å². The molecule has 0 amide bonds. The number of allylic oxidation sites excluding steroid dienone is 20. The Balaban J connectivity index is 4.47. The monoisotopic (exact) mass is 861 g/mol. The molecule has 0 saturated heterocycles. The molecule has 0 aliphatic heterocycles. The number of carboxylic acids is 1. The van der Waals surface area contributed by atoms with Crippen molar-refractivity contribution < 1.29 is 38.2 Å². The minimum atomic E-state index is -0.891. The Kier molecular flexibility index (Phi) is 40.4. The van der Waals surface area contributed by atoms with Crippen LogP contribution in [0.4, 0.5) is 0 Å². The van der Waals surface area contributed by atoms with Crippen molar-refractivity contribution in [2.24, 2.45) is 0 Å². The molecule has 62 heavy (non-hydrogen) atoms. The molecule has 8 nitrogen and oxygen atoms in total. The van der Waals surface area contributed by atoms with E-state index in [2.05, 4.69) is 135 Å². The van der Waals surface area contributed by atoms with Gasteiger partial charge in [-0.25, -0.2) is 4.79 Å². The fraction of sp³-hybridized carbons (Fsp3) is 0.574. The summed E-state index contributed by atoms with van der Waals surface area (Å²) in [6.45, 7) is 4.41. The maximum Gasteiger partial charge on any atom is 0.362 e. The fourth-order valence-electron chi connectivity index (χ4n) is 6.02. The number of quaternary nitrogens is 1. The zero-order chi connectivity index (χ0) is 45.6. The number of nitrogens with zero attached hydrogens (tertiary/aromatic N) is 1. The Morgan fingerprint density at radius 3 is 1.23 bits per heavy atom. The van der Waals surface area contributed by atoms with Crippen LogP contribution in [0.5, 0.6) is 0 Å². The van der Waals surface area contributed by atoms with Crippen molar-refractivity contribution in [3.05, 3.63) is 122 Å². The predicted molar refractivity (Wildman–Crippen MR) is 261 cm³/mol. The van der Waals surface area contributed by atoms with Crippen molar-refractivity contribution >= 4 is 17.9 Å². The molecule has 1 N–H and O–H groups in total. The number of carbonyl (C=O) groups excluding carboxylic acids is 2. The van der Waals surface area contributed by atoms with Gasteiger partial charge in [-0.2, -0.15) is 0 Å². The van der Waals surface area contributed by atoms with Gasteiger partial charge in [0.15, 0.2) is 12.1 Å². The van der Waals surface area contributed by atoms with Crippen LogP contribution in [0.3, 0.4) is 0 Å². The molecule has 0 saturated carbocycles. The van der Waals surface area contributed by atoms with Crippen molar-refractivity contribution in [3.8, 4) is 0 Å². The van der Waals surface area contributed by atoms with E-state index in [1.54, 1.807) is 0 Å². The first kappa shape index (κ1) is 57.7. The first-order valence-electron chi connectivity index (χ1n) is 23.6. The third kappa shape index (κ3) is 41.1. The van der Waals surface area contributed by atoms with Crippen molar-refractivity contribution in [3.63, 3.8) is 0 Å². The average Bonchev–Trinajstić information content (AvgIpc) is 3.23. The van der Waals surface area contributed by atoms with E-state index in [-0.39, 0.29) is 42.7 Å². The molecule has 0 fully saturated rings. The Hall–Kier alpha value is -4.27. The maximum absolute atomic E-state index is 12.8. The summed E-state index contributed by atoms with van der Waals surface area (Å²) in [6.07, 6.45) is 61.0. The Bertz CT molecular complexity index is 1420. The normalized spacial score (nSPS) is 14.0. The molecule has 0 radical (unpaired) electrons. The highest BCUT2D eigenvalue weighted by atomic mass is 16.6. The lowest BCUT2D eigenvalue weighted by Gasteiger charge is -2.31. The van der Waals surface area contributed by atoms with Crippen LogP contribution >= 0.6 is 0 Å². The molecule has 0 spiro atoms. The second-order valence-electron chi connectivity index (χ2n) is 16.2. The van der Waals surface area contributed by atoms with Crippen LogP contribution in [0.2, 0.25) is 0 Å². The topological polar surface area (TPSA) is 99.1 Å². The van der Waals surface area contributed by atoms with Crippen LogP contribution in [0, 0.1) is 0 Å². The Labute approximate surface area is 378 Å². The molecule has 0 aromatic carbocycles. The Morgan fingerprint density at radius 1 is 0.484 bits per heavy atom. The lowest BCUT2D eigenvalue weighted by Crippen LogP contribution is -2.50. The van der Waals surface area contributed by atoms with Crippen LogP contribution in [0.15, 0.2) is 122 Å². The summed E-state index contributed by atoms with van der Waals surface area (Å²) in [5, 5.41) is 9.64. The van der Waals surface area contributed by atoms with Gasteiger partial charge in [-0.1, -0.05) is 148 Å². The summed E-state index contributed by atoms with van der Waals surface area (Å²) in [5.74, 6) is -1.57. The summed E-state index contributed by atoms with van der Waals surface area (Å²) >= 11 is 0. The second kappa shape index (κ2) is 43.4. The summed E-state index contributed by atoms with van der Waals surface area (Å²) < 4.78 is 17.2. The van der Waals surface area contributed by atoms with Gasteiger partial charge in [0.1, 0.15) is 6.61 Å². The lowest BCUT2D eigenvalue weighted by atomic mass is 10.1. The number of ether oxygens (including phenoxy) is 3. The molecule has 0 heterocycles. The highest BCUT2D eigenvalue weighted by Crippen LogP contribution is 2.12. The number of aliphatic carboxylic acids is 1. The molecule has 2 atom stereocenters. The minimum Gasteiger partial charge on any atom is -0.477 e. The number of esters is 2. The minimum absolute atomic E-state index is 0.0276. The van der Waals surface area contributed by atoms with Gasteiger partial charge in [0, 0.05) is 19.3 Å². The van der Waals surface area contributed by atoms with Crippen LogP contribution in [-0.4, -0.2) is 80.6 Å². The molecule has 8 heteroatoms. The molecule has 0 aromatic rings. The summed E-state index contributed by atoms with van der Waals surface area (Å²) in [4.78, 5) is 37.1. The van der Waals surface area contributed by atoms with Crippen molar-refractivity contribution in [1.29, 1.82) is 0 Å². The van der Waals surface area contributed by atoms with Gasteiger partial charge in [-0.05, 0) is 103 Å². The van der Waals surface area contributed by atoms with Gasteiger partial charge in [-0.3, -0.25) is 9.59 Å². The zero-order valence-electron chi connectivity index (χ0n) is 39.5. The first-order chi connectivity index (χ1) is 30.1. The van der Waals surface area contributed by atoms with Crippen molar-refractivity contribution in [1.82, 2.24) is 0 Å². The lowest BCUT2D eigenvalue weighted by molar-refractivity contribution is -0.887. The molecule has 0 bridgehead atoms. The van der Waals surface area contributed by atoms with Crippen LogP contribution < -0.4 is 0 Å². The smallest absolute Gasteiger partial charge is 0.362 e. The molecule has 348 valence electrons. The third-order valence-corrected chi connectivity index (χ3v) is 9.61. The largest absolute Gasteiger partial charge is 0.477 e. The SMILES string of the molecule is CC/C=C\C/C=C\C/C=C\C/C=C\C/C=C\CCCCCC(=O)OCC(COCCC(C(=O)O)[N+](C)(C)C)OC(=O)CCCCC/C=C\C/C=C\C/C=C\C/C=C\C/C=C\CC. The van der Waals surface area contributed by atoms with E-state index in [0.717, 1.165) is 109 Å². The maximum atomic E-state index is 12.8. The summed E-state index contributed by atoms with van der Waals surface area (Å²) in [5.41, 5.74) is 0. The summed E-state index contributed by atoms with van der Waals surface area (Å²) in [6, 6.07) is -0.635. The van der Waals surface area contributed by atoms with Crippen LogP contribution in [0.1, 0.15) is 149 Å². The molecule has 0 aliphatic carbocycles. The molecule has 0 rings (SSSR count). The first-order valence-corrected chi connectivity index (χ1v) is 23.6. The highest BCUT2D eigenvalue weighted by molar-refractivity contribution is 5.72. The van der Waals surface area contributed by atoms with E-state index in [0.29, 0.717) is 19.3 Å². The van der Waals surface area contributed by atoms with Crippen molar-refractivity contribution in [2.75, 3.05) is 41.0 Å². The standard InChI is InChI=1S/C54H85NO7/c1-6-8-10-12-14-16-18-20-22-24-26-28-30-32-34-36-38-40-42-44-52(56)61-49-50(48-60-47-46-51(54(58)59)55(3,4)5)62-53(57)45-43-41-39-37-35-33-31-29-27-25-23-21-19-17-15-13-11-9-7-2/h8-11,14-17,20-23,26-29,32-35,50-51H,6-7,12-13,18-19,24-25,30-31,36-49H2,1-5H3/p+1/b10-8-,11-9-,16-14-,17-15-,22-20-,23-21-,28-26-,29-27-,34-32-,35-33-. The molecule has 2 unspecified atom stereocenters. The Morgan fingerprint density at radius 2 is 0.855 bits per heavy atom. The quantitative estimate of drug-likeness (QED) is 0.0283. The van der Waals surface area contributed by atoms with Gasteiger partial charge < -0.3 is 23.8 Å². The number of unbranched alkanes of at least 4 members (excludes halogenated alkanes) is 6. The highest BCUT2D eigenvalue weighted by Gasteiger charge is 2.31. The van der Waals surface area contributed by atoms with Crippen LogP contribution in [0.25, 0.3) is 0 Å². The summed E-state index contributed by atoms with van der Waals surface area (Å²) in [7, 11) is 5.49. The number of carboxylic acid groups (broad SMARTS) is 1. The van der Waals surface area contributed by atoms with Crippen molar-refractivity contribution in [2.45, 2.75) is 161 Å². The third-order valence-electron chi connectivity index (χ3n) is 9.61. The number of hydrogen-bond acceptors (Lipinski definition) is 6. The van der Waals surface area contributed by atoms with Gasteiger partial charge in [-0.15, -0.1) is 0 Å². The van der Waals surface area contributed by atoms with E-state index in [1.165, 1.54) is 0 Å². The molecular formula is C54H86NO7+. The van der Waals surface area contributed by atoms with E-state index >= 15 is 0 Å². The van der Waals surface area contributed by atoms with Gasteiger partial charge >= 0.3 is 17.9 Å². The molecular weight excluding hydrogens is 775 g/mol. The predicted octanol–water partition coefficient (Wildman–Crippen LogP) is 13.4. The van der Waals surface area contributed by atoms with Crippen LogP contribution in [-0.2, 0) is 28.6 Å². The number of carbonyl (C=O) groups is 3. The van der Waals surface area contributed by atoms with Gasteiger partial charge in [0.2, 0.25) is 0 Å². The van der Waals surface area contributed by atoms with Gasteiger partial charge in [0.05, 0.1) is 34.4 Å². The molecule has 0 aromatic heterocycles. The zero-order valence-corrected chi connectivity index (χ0v) is 39.5. The number of hydrogen-bond donors (Lipinski definition) is 1. The van der Waals surface area contributed by atoms with E-state index < -0.39 is 18.1 Å². The van der Waals surface area contributed by atoms with Gasteiger partial charge in [0.25, 0.3) is 0 Å². The fourth-order valence-corrected chi connectivity index (χ4v) is 6.02. The van der Waals surface area contributed by atoms with E-state index in [9.17, 15) is 19.5 Å². The number of likely N-dealkylation sites (N-methyl/N-ethyl adjacent to an activating group) is 1. The molecule has 0 aliphatic rings. The van der Waals surface area contributed by atoms with E-state index in [1.807, 2.05) is 21.1 Å². The average molecular weight is 861 g/mol. The second-order valence-corrected chi connectivity index (χ2v) is 16.2. The number of rotatable bonds is 40.